The van der Waals surface area contributed by atoms with Gasteiger partial charge in [0, 0.05) is 12.6 Å². The van der Waals surface area contributed by atoms with E-state index in [1.54, 1.807) is 6.92 Å². The molecule has 0 saturated heterocycles. The summed E-state index contributed by atoms with van der Waals surface area (Å²) in [5.74, 6) is 0. The number of nitrogens with zero attached hydrogens (tertiary/aromatic N) is 1. The fraction of sp³-hybridized carbons (Fsp3) is 0.500. The molecule has 27 heavy (non-hydrogen) atoms. The maximum absolute atomic E-state index is 13.2. The minimum Gasteiger partial charge on any atom is -0.203 e. The monoisotopic (exact) mass is 399 g/mol. The Labute approximate surface area is 158 Å². The molecule has 2 aliphatic rings. The molecule has 1 saturated carbocycles. The van der Waals surface area contributed by atoms with Gasteiger partial charge in [0.15, 0.2) is 0 Å². The third-order valence-electron chi connectivity index (χ3n) is 5.62. The van der Waals surface area contributed by atoms with E-state index < -0.39 is 21.6 Å². The summed E-state index contributed by atoms with van der Waals surface area (Å²) in [5, 5.41) is 0. The molecule has 3 rings (SSSR count). The van der Waals surface area contributed by atoms with Crippen LogP contribution < -0.4 is 0 Å². The minimum atomic E-state index is -5.39. The van der Waals surface area contributed by atoms with Crippen molar-refractivity contribution < 1.29 is 21.6 Å². The van der Waals surface area contributed by atoms with Crippen LogP contribution in [0.25, 0.3) is 5.57 Å². The molecule has 0 N–H and O–H groups in total. The third kappa shape index (κ3) is 3.72. The molecule has 1 aliphatic carbocycles. The highest BCUT2D eigenvalue weighted by Crippen LogP contribution is 2.42. The largest absolute Gasteiger partial charge is 0.511 e. The Kier molecular flexibility index (Phi) is 5.54. The first-order valence-corrected chi connectivity index (χ1v) is 10.6. The molecule has 0 radical (unpaired) electrons. The lowest BCUT2D eigenvalue weighted by atomic mass is 9.81. The van der Waals surface area contributed by atoms with Gasteiger partial charge in [0.05, 0.1) is 0 Å². The predicted molar refractivity (Wildman–Crippen MR) is 100 cm³/mol. The Bertz CT molecular complexity index is 862. The first-order valence-electron chi connectivity index (χ1n) is 9.20. The van der Waals surface area contributed by atoms with Crippen LogP contribution in [0, 0.1) is 0 Å². The average Bonchev–Trinajstić information content (AvgIpc) is 2.64. The number of hydrogen-bond donors (Lipinski definition) is 0. The Morgan fingerprint density at radius 1 is 1.04 bits per heavy atom. The fourth-order valence-electron chi connectivity index (χ4n) is 4.04. The Balaban J connectivity index is 2.19. The summed E-state index contributed by atoms with van der Waals surface area (Å²) >= 11 is 0. The maximum atomic E-state index is 13.2. The van der Waals surface area contributed by atoms with Gasteiger partial charge in [-0.3, -0.25) is 0 Å². The summed E-state index contributed by atoms with van der Waals surface area (Å²) in [6, 6.07) is 8.69. The van der Waals surface area contributed by atoms with Gasteiger partial charge in [-0.15, -0.1) is 0 Å². The van der Waals surface area contributed by atoms with Gasteiger partial charge in [-0.05, 0) is 61.8 Å². The number of halogens is 3. The molecule has 0 bridgehead atoms. The van der Waals surface area contributed by atoms with Crippen LogP contribution in [0.4, 0.5) is 13.2 Å². The molecule has 0 unspecified atom stereocenters. The summed E-state index contributed by atoms with van der Waals surface area (Å²) in [5.41, 5.74) is -0.951. The molecule has 1 aromatic rings. The van der Waals surface area contributed by atoms with E-state index in [0.29, 0.717) is 9.88 Å². The quantitative estimate of drug-likeness (QED) is 0.679. The number of alkyl halides is 3. The van der Waals surface area contributed by atoms with Crippen LogP contribution >= 0.6 is 0 Å². The molecule has 148 valence electrons. The number of hydrogen-bond acceptors (Lipinski definition) is 2. The lowest BCUT2D eigenvalue weighted by Crippen LogP contribution is -2.49. The van der Waals surface area contributed by atoms with E-state index in [-0.39, 0.29) is 6.54 Å². The van der Waals surface area contributed by atoms with Gasteiger partial charge in [-0.2, -0.15) is 17.5 Å². The van der Waals surface area contributed by atoms with Crippen molar-refractivity contribution in [2.75, 3.05) is 6.54 Å². The first kappa shape index (κ1) is 20.1. The molecule has 1 heterocycles. The van der Waals surface area contributed by atoms with Crippen molar-refractivity contribution in [3.8, 4) is 0 Å². The normalized spacial score (nSPS) is 23.1. The SMILES string of the molecule is CC1=C(c2ccccc2)C(=C2CCCCC2)CN(S(=O)(=O)C(F)(F)F)[C@@H]1C. The van der Waals surface area contributed by atoms with Crippen molar-refractivity contribution in [3.63, 3.8) is 0 Å². The average molecular weight is 399 g/mol. The zero-order valence-electron chi connectivity index (χ0n) is 15.5. The van der Waals surface area contributed by atoms with Gasteiger partial charge in [0.1, 0.15) is 0 Å². The lowest BCUT2D eigenvalue weighted by molar-refractivity contribution is -0.0493. The smallest absolute Gasteiger partial charge is 0.203 e. The van der Waals surface area contributed by atoms with E-state index in [9.17, 15) is 21.6 Å². The van der Waals surface area contributed by atoms with Crippen molar-refractivity contribution >= 4 is 15.6 Å². The van der Waals surface area contributed by atoms with E-state index in [4.69, 9.17) is 0 Å². The van der Waals surface area contributed by atoms with Crippen LogP contribution in [0.5, 0.6) is 0 Å². The van der Waals surface area contributed by atoms with Crippen molar-refractivity contribution in [1.29, 1.82) is 0 Å². The summed E-state index contributed by atoms with van der Waals surface area (Å²) in [6.45, 7) is 3.05. The van der Waals surface area contributed by atoms with Gasteiger partial charge < -0.3 is 0 Å². The Morgan fingerprint density at radius 2 is 1.63 bits per heavy atom. The summed E-state index contributed by atoms with van der Waals surface area (Å²) in [4.78, 5) is 0. The molecule has 0 spiro atoms. The molecular weight excluding hydrogens is 375 g/mol. The van der Waals surface area contributed by atoms with Crippen LogP contribution in [0.3, 0.4) is 0 Å². The third-order valence-corrected chi connectivity index (χ3v) is 7.26. The second-order valence-electron chi connectivity index (χ2n) is 7.24. The van der Waals surface area contributed by atoms with Crippen LogP contribution in [0.2, 0.25) is 0 Å². The predicted octanol–water partition coefficient (Wildman–Crippen LogP) is 5.27. The number of rotatable bonds is 2. The van der Waals surface area contributed by atoms with Crippen molar-refractivity contribution in [1.82, 2.24) is 4.31 Å². The van der Waals surface area contributed by atoms with Crippen molar-refractivity contribution in [2.24, 2.45) is 0 Å². The minimum absolute atomic E-state index is 0.222. The van der Waals surface area contributed by atoms with E-state index in [2.05, 4.69) is 0 Å². The highest BCUT2D eigenvalue weighted by atomic mass is 32.2. The molecule has 1 fully saturated rings. The molecular formula is C20H24F3NO2S. The standard InChI is InChI=1S/C20H24F3NO2S/c1-14-15(2)24(27(25,26)20(21,22)23)13-18(16-9-5-3-6-10-16)19(14)17-11-7-4-8-12-17/h4,7-8,11-12,15H,3,5-6,9-10,13H2,1-2H3/t15-/m1/s1. The van der Waals surface area contributed by atoms with Crippen LogP contribution in [-0.2, 0) is 10.0 Å². The second kappa shape index (κ2) is 7.43. The molecule has 7 heteroatoms. The molecule has 1 atom stereocenters. The maximum Gasteiger partial charge on any atom is 0.511 e. The van der Waals surface area contributed by atoms with E-state index in [0.717, 1.165) is 54.4 Å². The van der Waals surface area contributed by atoms with Crippen molar-refractivity contribution in [2.45, 2.75) is 57.5 Å². The Hall–Kier alpha value is -1.60. The first-order chi connectivity index (χ1) is 12.6. The molecule has 1 aromatic carbocycles. The van der Waals surface area contributed by atoms with E-state index in [1.165, 1.54) is 6.92 Å². The second-order valence-corrected chi connectivity index (χ2v) is 9.12. The molecule has 0 amide bonds. The number of sulfonamides is 1. The zero-order valence-corrected chi connectivity index (χ0v) is 16.3. The van der Waals surface area contributed by atoms with Crippen LogP contribution in [0.15, 0.2) is 47.1 Å². The summed E-state index contributed by atoms with van der Waals surface area (Å²) in [7, 11) is -5.39. The van der Waals surface area contributed by atoms with Gasteiger partial charge in [0.25, 0.3) is 0 Å². The van der Waals surface area contributed by atoms with E-state index in [1.807, 2.05) is 30.3 Å². The number of benzene rings is 1. The van der Waals surface area contributed by atoms with Gasteiger partial charge >= 0.3 is 15.5 Å². The van der Waals surface area contributed by atoms with Crippen LogP contribution in [0.1, 0.15) is 51.5 Å². The number of allylic oxidation sites excluding steroid dienone is 1. The Morgan fingerprint density at radius 3 is 2.19 bits per heavy atom. The molecule has 0 aromatic heterocycles. The van der Waals surface area contributed by atoms with Crippen LogP contribution in [-0.4, -0.2) is 30.8 Å². The van der Waals surface area contributed by atoms with Gasteiger partial charge in [0.2, 0.25) is 0 Å². The van der Waals surface area contributed by atoms with E-state index >= 15 is 0 Å². The fourth-order valence-corrected chi connectivity index (χ4v) is 5.18. The lowest BCUT2D eigenvalue weighted by Gasteiger charge is -2.38. The highest BCUT2D eigenvalue weighted by Gasteiger charge is 2.52. The topological polar surface area (TPSA) is 37.4 Å². The summed E-state index contributed by atoms with van der Waals surface area (Å²) in [6.07, 6.45) is 4.70. The van der Waals surface area contributed by atoms with Gasteiger partial charge in [-0.1, -0.05) is 42.3 Å². The summed E-state index contributed by atoms with van der Waals surface area (Å²) < 4.78 is 64.7. The molecule has 3 nitrogen and oxygen atoms in total. The van der Waals surface area contributed by atoms with Crippen molar-refractivity contribution in [3.05, 3.63) is 52.6 Å². The zero-order chi connectivity index (χ0) is 19.8. The molecule has 1 aliphatic heterocycles. The van der Waals surface area contributed by atoms with Gasteiger partial charge in [-0.25, -0.2) is 8.42 Å². The highest BCUT2D eigenvalue weighted by molar-refractivity contribution is 7.90.